The number of fused-ring (bicyclic) bond motifs is 1. The molecule has 0 aliphatic rings. The molecule has 1 heterocycles. The van der Waals surface area contributed by atoms with E-state index in [0.717, 1.165) is 23.5 Å². The van der Waals surface area contributed by atoms with Crippen molar-refractivity contribution in [1.82, 2.24) is 0 Å². The lowest BCUT2D eigenvalue weighted by Gasteiger charge is -2.14. The predicted molar refractivity (Wildman–Crippen MR) is 102 cm³/mol. The number of thiophene rings is 1. The van der Waals surface area contributed by atoms with Gasteiger partial charge in [-0.2, -0.15) is 26.3 Å². The van der Waals surface area contributed by atoms with Crippen LogP contribution in [0.15, 0.2) is 36.4 Å². The third-order valence-corrected chi connectivity index (χ3v) is 5.62. The Bertz CT molecular complexity index is 1170. The highest BCUT2D eigenvalue weighted by Gasteiger charge is 2.37. The molecule has 0 atom stereocenters. The highest BCUT2D eigenvalue weighted by molar-refractivity contribution is 7.21. The number of esters is 1. The first-order valence-electron chi connectivity index (χ1n) is 8.39. The van der Waals surface area contributed by atoms with Crippen molar-refractivity contribution in [1.29, 1.82) is 0 Å². The molecule has 13 heteroatoms. The third-order valence-electron chi connectivity index (χ3n) is 3.98. The van der Waals surface area contributed by atoms with Gasteiger partial charge in [0.2, 0.25) is 0 Å². The minimum Gasteiger partial charge on any atom is -0.451 e. The van der Waals surface area contributed by atoms with Crippen molar-refractivity contribution in [2.24, 2.45) is 0 Å². The van der Waals surface area contributed by atoms with E-state index < -0.39 is 53.5 Å². The molecule has 0 fully saturated rings. The summed E-state index contributed by atoms with van der Waals surface area (Å²) in [6.07, 6.45) is -10.2. The molecule has 0 spiro atoms. The fraction of sp³-hybridized carbons (Fsp3) is 0.158. The van der Waals surface area contributed by atoms with Gasteiger partial charge in [-0.25, -0.2) is 9.18 Å². The fourth-order valence-corrected chi connectivity index (χ4v) is 4.02. The SMILES string of the molecule is O=C(COC(=O)c1sc2cc(F)ccc2c1Cl)Nc1cc(C(F)(F)F)cc(C(F)(F)F)c1. The van der Waals surface area contributed by atoms with Gasteiger partial charge in [0, 0.05) is 15.8 Å². The number of amides is 1. The molecule has 0 radical (unpaired) electrons. The van der Waals surface area contributed by atoms with E-state index in [0.29, 0.717) is 22.2 Å². The van der Waals surface area contributed by atoms with Crippen molar-refractivity contribution in [2.75, 3.05) is 11.9 Å². The molecule has 0 unspecified atom stereocenters. The Balaban J connectivity index is 1.74. The summed E-state index contributed by atoms with van der Waals surface area (Å²) < 4.78 is 95.7. The molecule has 3 rings (SSSR count). The van der Waals surface area contributed by atoms with Crippen molar-refractivity contribution in [3.8, 4) is 0 Å². The number of anilines is 1. The van der Waals surface area contributed by atoms with Gasteiger partial charge in [0.05, 0.1) is 16.1 Å². The lowest BCUT2D eigenvalue weighted by molar-refractivity contribution is -0.143. The van der Waals surface area contributed by atoms with Crippen LogP contribution in [0.25, 0.3) is 10.1 Å². The Morgan fingerprint density at radius 3 is 2.12 bits per heavy atom. The molecule has 0 bridgehead atoms. The number of carbonyl (C=O) groups excluding carboxylic acids is 2. The smallest absolute Gasteiger partial charge is 0.416 e. The van der Waals surface area contributed by atoms with Crippen LogP contribution in [-0.4, -0.2) is 18.5 Å². The number of benzene rings is 2. The first-order valence-corrected chi connectivity index (χ1v) is 9.59. The molecular weight excluding hydrogens is 491 g/mol. The second-order valence-electron chi connectivity index (χ2n) is 6.30. The molecule has 3 aromatic rings. The maximum atomic E-state index is 13.3. The first kappa shape index (κ1) is 23.8. The lowest BCUT2D eigenvalue weighted by atomic mass is 10.1. The third kappa shape index (κ3) is 5.30. The molecule has 32 heavy (non-hydrogen) atoms. The molecule has 0 aliphatic carbocycles. The quantitative estimate of drug-likeness (QED) is 0.328. The topological polar surface area (TPSA) is 55.4 Å². The maximum Gasteiger partial charge on any atom is 0.416 e. The lowest BCUT2D eigenvalue weighted by Crippen LogP contribution is -2.21. The van der Waals surface area contributed by atoms with E-state index in [1.807, 2.05) is 5.32 Å². The van der Waals surface area contributed by atoms with E-state index in [1.165, 1.54) is 6.07 Å². The van der Waals surface area contributed by atoms with Crippen molar-refractivity contribution >= 4 is 50.6 Å². The van der Waals surface area contributed by atoms with Crippen LogP contribution < -0.4 is 5.32 Å². The average molecular weight is 500 g/mol. The normalized spacial score (nSPS) is 12.1. The number of hydrogen-bond acceptors (Lipinski definition) is 4. The zero-order chi connectivity index (χ0) is 23.8. The molecular formula is C19H9ClF7NO3S. The van der Waals surface area contributed by atoms with Gasteiger partial charge in [0.1, 0.15) is 10.7 Å². The van der Waals surface area contributed by atoms with Gasteiger partial charge in [-0.3, -0.25) is 4.79 Å². The number of carbonyl (C=O) groups is 2. The van der Waals surface area contributed by atoms with Crippen LogP contribution in [-0.2, 0) is 21.9 Å². The number of hydrogen-bond donors (Lipinski definition) is 1. The van der Waals surface area contributed by atoms with Crippen molar-refractivity contribution < 1.29 is 45.1 Å². The van der Waals surface area contributed by atoms with Crippen LogP contribution in [0.5, 0.6) is 0 Å². The summed E-state index contributed by atoms with van der Waals surface area (Å²) in [6.45, 7) is -1.02. The fourth-order valence-electron chi connectivity index (χ4n) is 2.59. The summed E-state index contributed by atoms with van der Waals surface area (Å²) in [4.78, 5) is 24.0. The molecule has 2 aromatic carbocycles. The summed E-state index contributed by atoms with van der Waals surface area (Å²) in [5.41, 5.74) is -4.03. The van der Waals surface area contributed by atoms with E-state index in [9.17, 15) is 40.3 Å². The Morgan fingerprint density at radius 1 is 0.969 bits per heavy atom. The van der Waals surface area contributed by atoms with E-state index in [4.69, 9.17) is 16.3 Å². The monoisotopic (exact) mass is 499 g/mol. The molecule has 170 valence electrons. The van der Waals surface area contributed by atoms with E-state index in [1.54, 1.807) is 0 Å². The van der Waals surface area contributed by atoms with Crippen LogP contribution in [0.3, 0.4) is 0 Å². The minimum atomic E-state index is -5.09. The van der Waals surface area contributed by atoms with Gasteiger partial charge < -0.3 is 10.1 Å². The zero-order valence-electron chi connectivity index (χ0n) is 15.3. The molecule has 1 aromatic heterocycles. The van der Waals surface area contributed by atoms with Gasteiger partial charge in [0.15, 0.2) is 6.61 Å². The van der Waals surface area contributed by atoms with Gasteiger partial charge in [-0.15, -0.1) is 11.3 Å². The molecule has 0 aliphatic heterocycles. The second kappa shape index (κ2) is 8.58. The predicted octanol–water partition coefficient (Wildman–Crippen LogP) is 6.53. The summed E-state index contributed by atoms with van der Waals surface area (Å²) in [6, 6.07) is 4.11. The number of nitrogens with one attached hydrogen (secondary N) is 1. The number of ether oxygens (including phenoxy) is 1. The van der Waals surface area contributed by atoms with Crippen molar-refractivity contribution in [2.45, 2.75) is 12.4 Å². The van der Waals surface area contributed by atoms with Gasteiger partial charge >= 0.3 is 18.3 Å². The summed E-state index contributed by atoms with van der Waals surface area (Å²) >= 11 is 6.83. The first-order chi connectivity index (χ1) is 14.8. The van der Waals surface area contributed by atoms with Gasteiger partial charge in [0.25, 0.3) is 5.91 Å². The van der Waals surface area contributed by atoms with Gasteiger partial charge in [-0.1, -0.05) is 11.6 Å². The van der Waals surface area contributed by atoms with Crippen LogP contribution in [0.4, 0.5) is 36.4 Å². The number of rotatable bonds is 4. The van der Waals surface area contributed by atoms with Crippen LogP contribution in [0.1, 0.15) is 20.8 Å². The molecule has 4 nitrogen and oxygen atoms in total. The highest BCUT2D eigenvalue weighted by atomic mass is 35.5. The number of alkyl halides is 6. The maximum absolute atomic E-state index is 13.3. The Kier molecular flexibility index (Phi) is 6.38. The second-order valence-corrected chi connectivity index (χ2v) is 7.73. The Hall–Kier alpha value is -2.86. The van der Waals surface area contributed by atoms with E-state index in [2.05, 4.69) is 0 Å². The molecule has 1 N–H and O–H groups in total. The van der Waals surface area contributed by atoms with Crippen molar-refractivity contribution in [3.05, 3.63) is 63.2 Å². The van der Waals surface area contributed by atoms with Crippen LogP contribution in [0, 0.1) is 5.82 Å². The van der Waals surface area contributed by atoms with E-state index in [-0.39, 0.29) is 16.0 Å². The highest BCUT2D eigenvalue weighted by Crippen LogP contribution is 2.38. The summed E-state index contributed by atoms with van der Waals surface area (Å²) in [5.74, 6) is -2.84. The summed E-state index contributed by atoms with van der Waals surface area (Å²) in [7, 11) is 0. The number of halogens is 8. The molecule has 1 amide bonds. The van der Waals surface area contributed by atoms with Crippen LogP contribution in [0.2, 0.25) is 5.02 Å². The Labute approximate surface area is 183 Å². The van der Waals surface area contributed by atoms with Crippen LogP contribution >= 0.6 is 22.9 Å². The van der Waals surface area contributed by atoms with E-state index >= 15 is 0 Å². The Morgan fingerprint density at radius 2 is 1.56 bits per heavy atom. The standard InChI is InChI=1S/C19H9ClF7NO3S/c20-15-12-2-1-10(21)6-13(12)32-16(15)17(30)31-7-14(29)28-11-4-8(18(22,23)24)3-9(5-11)19(25,26)27/h1-6H,7H2,(H,28,29). The molecule has 0 saturated heterocycles. The minimum absolute atomic E-state index is 0.0527. The largest absolute Gasteiger partial charge is 0.451 e. The summed E-state index contributed by atoms with van der Waals surface area (Å²) in [5, 5.41) is 2.13. The molecule has 0 saturated carbocycles. The zero-order valence-corrected chi connectivity index (χ0v) is 16.9. The average Bonchev–Trinajstić information content (AvgIpc) is 3.00. The van der Waals surface area contributed by atoms with Gasteiger partial charge in [-0.05, 0) is 36.4 Å². The van der Waals surface area contributed by atoms with Crippen molar-refractivity contribution in [3.63, 3.8) is 0 Å².